The van der Waals surface area contributed by atoms with Crippen molar-refractivity contribution in [1.82, 2.24) is 0 Å². The lowest BCUT2D eigenvalue weighted by molar-refractivity contribution is -0.117. The van der Waals surface area contributed by atoms with Crippen LogP contribution in [0.1, 0.15) is 0 Å². The van der Waals surface area contributed by atoms with Gasteiger partial charge in [-0.2, -0.15) is 10.5 Å². The quantitative estimate of drug-likeness (QED) is 0.652. The first-order valence-corrected chi connectivity index (χ1v) is 3.68. The Balaban J connectivity index is 3.28. The van der Waals surface area contributed by atoms with Crippen LogP contribution in [0.25, 0.3) is 0 Å². The van der Waals surface area contributed by atoms with E-state index in [-0.39, 0.29) is 11.3 Å². The predicted octanol–water partition coefficient (Wildman–Crippen LogP) is 0.575. The lowest BCUT2D eigenvalue weighted by Crippen LogP contribution is -2.22. The minimum atomic E-state index is -1.33. The summed E-state index contributed by atoms with van der Waals surface area (Å²) in [6.45, 7) is 0. The number of ether oxygens (including phenoxy) is 1. The smallest absolute Gasteiger partial charge is 0.198 e. The highest BCUT2D eigenvalue weighted by molar-refractivity contribution is 6.05. The van der Waals surface area contributed by atoms with Crippen LogP contribution in [0.4, 0.5) is 0 Å². The summed E-state index contributed by atoms with van der Waals surface area (Å²) in [7, 11) is 1.28. The Morgan fingerprint density at radius 1 is 1.57 bits per heavy atom. The standard InChI is InChI=1S/C9H6N2O3/c1-14-7-2-5(3-10)8(12)6(4-11)9(7)13/h2,6,13H,1H3. The highest BCUT2D eigenvalue weighted by Crippen LogP contribution is 2.24. The number of hydrogen-bond acceptors (Lipinski definition) is 5. The molecule has 0 heterocycles. The van der Waals surface area contributed by atoms with Gasteiger partial charge in [0.05, 0.1) is 13.2 Å². The normalized spacial score (nSPS) is 20.9. The zero-order valence-corrected chi connectivity index (χ0v) is 7.31. The molecule has 0 fully saturated rings. The lowest BCUT2D eigenvalue weighted by atomic mass is 9.92. The lowest BCUT2D eigenvalue weighted by Gasteiger charge is -2.14. The van der Waals surface area contributed by atoms with Crippen LogP contribution in [0.15, 0.2) is 23.2 Å². The Morgan fingerprint density at radius 3 is 2.64 bits per heavy atom. The SMILES string of the molecule is COC1=C(O)C(C#N)C(=O)C(C#N)=C1. The van der Waals surface area contributed by atoms with E-state index in [9.17, 15) is 9.90 Å². The summed E-state index contributed by atoms with van der Waals surface area (Å²) >= 11 is 0. The van der Waals surface area contributed by atoms with Crippen LogP contribution in [0.3, 0.4) is 0 Å². The van der Waals surface area contributed by atoms with Gasteiger partial charge in [0.2, 0.25) is 0 Å². The second-order valence-corrected chi connectivity index (χ2v) is 2.55. The summed E-state index contributed by atoms with van der Waals surface area (Å²) in [5.74, 6) is -2.50. The Hall–Kier alpha value is -2.27. The number of nitriles is 2. The molecular weight excluding hydrogens is 184 g/mol. The Labute approximate surface area is 80.1 Å². The van der Waals surface area contributed by atoms with Crippen molar-refractivity contribution in [2.45, 2.75) is 0 Å². The molecular formula is C9H6N2O3. The van der Waals surface area contributed by atoms with Crippen molar-refractivity contribution in [3.8, 4) is 12.1 Å². The van der Waals surface area contributed by atoms with E-state index < -0.39 is 17.5 Å². The molecule has 0 radical (unpaired) electrons. The third kappa shape index (κ3) is 1.32. The fraction of sp³-hybridized carbons (Fsp3) is 0.222. The van der Waals surface area contributed by atoms with Crippen molar-refractivity contribution in [2.24, 2.45) is 5.92 Å². The minimum absolute atomic E-state index is 0.0206. The van der Waals surface area contributed by atoms with E-state index >= 15 is 0 Å². The molecule has 1 N–H and O–H groups in total. The van der Waals surface area contributed by atoms with Crippen LogP contribution < -0.4 is 0 Å². The number of allylic oxidation sites excluding steroid dienone is 3. The highest BCUT2D eigenvalue weighted by Gasteiger charge is 2.32. The van der Waals surface area contributed by atoms with Crippen LogP contribution in [-0.2, 0) is 9.53 Å². The predicted molar refractivity (Wildman–Crippen MR) is 44.5 cm³/mol. The van der Waals surface area contributed by atoms with E-state index in [1.165, 1.54) is 7.11 Å². The van der Waals surface area contributed by atoms with Gasteiger partial charge >= 0.3 is 0 Å². The van der Waals surface area contributed by atoms with Gasteiger partial charge in [-0.05, 0) is 0 Å². The third-order valence-electron chi connectivity index (χ3n) is 1.80. The molecule has 5 nitrogen and oxygen atoms in total. The van der Waals surface area contributed by atoms with Crippen molar-refractivity contribution >= 4 is 5.78 Å². The summed E-state index contributed by atoms with van der Waals surface area (Å²) in [4.78, 5) is 11.3. The number of aliphatic hydroxyl groups excluding tert-OH is 1. The van der Waals surface area contributed by atoms with Gasteiger partial charge in [0.1, 0.15) is 11.6 Å². The molecule has 0 aromatic rings. The van der Waals surface area contributed by atoms with Crippen LogP contribution in [-0.4, -0.2) is 18.0 Å². The molecule has 0 saturated heterocycles. The molecule has 14 heavy (non-hydrogen) atoms. The van der Waals surface area contributed by atoms with Crippen molar-refractivity contribution < 1.29 is 14.6 Å². The summed E-state index contributed by atoms with van der Waals surface area (Å²) in [6, 6.07) is 3.24. The molecule has 70 valence electrons. The first-order chi connectivity index (χ1) is 6.65. The maximum Gasteiger partial charge on any atom is 0.198 e. The average molecular weight is 190 g/mol. The van der Waals surface area contributed by atoms with Crippen molar-refractivity contribution in [1.29, 1.82) is 10.5 Å². The van der Waals surface area contributed by atoms with Crippen molar-refractivity contribution in [3.05, 3.63) is 23.2 Å². The molecule has 0 aromatic carbocycles. The fourth-order valence-electron chi connectivity index (χ4n) is 1.07. The van der Waals surface area contributed by atoms with Crippen LogP contribution in [0.2, 0.25) is 0 Å². The largest absolute Gasteiger partial charge is 0.507 e. The third-order valence-corrected chi connectivity index (χ3v) is 1.80. The zero-order chi connectivity index (χ0) is 10.7. The topological polar surface area (TPSA) is 94.1 Å². The fourth-order valence-corrected chi connectivity index (χ4v) is 1.07. The molecule has 1 aliphatic carbocycles. The van der Waals surface area contributed by atoms with Gasteiger partial charge in [0.25, 0.3) is 0 Å². The van der Waals surface area contributed by atoms with Gasteiger partial charge in [-0.3, -0.25) is 4.79 Å². The van der Waals surface area contributed by atoms with Crippen molar-refractivity contribution in [2.75, 3.05) is 7.11 Å². The number of carbonyl (C=O) groups is 1. The molecule has 0 bridgehead atoms. The maximum absolute atomic E-state index is 11.3. The second-order valence-electron chi connectivity index (χ2n) is 2.55. The summed E-state index contributed by atoms with van der Waals surface area (Å²) in [5.41, 5.74) is -0.189. The number of rotatable bonds is 1. The average Bonchev–Trinajstić information content (AvgIpc) is 2.19. The number of hydrogen-bond donors (Lipinski definition) is 1. The molecule has 1 aliphatic rings. The number of aliphatic hydroxyl groups is 1. The first-order valence-electron chi connectivity index (χ1n) is 3.68. The summed E-state index contributed by atoms with van der Waals surface area (Å²) in [5, 5.41) is 26.5. The summed E-state index contributed by atoms with van der Waals surface area (Å²) in [6.07, 6.45) is 1.12. The molecule has 0 saturated carbocycles. The summed E-state index contributed by atoms with van der Waals surface area (Å²) < 4.78 is 4.71. The molecule has 0 aliphatic heterocycles. The number of Topliss-reactive ketones (excluding diaryl/α,β-unsaturated/α-hetero) is 1. The molecule has 1 unspecified atom stereocenters. The minimum Gasteiger partial charge on any atom is -0.507 e. The molecule has 0 amide bonds. The molecule has 1 rings (SSSR count). The Morgan fingerprint density at radius 2 is 2.21 bits per heavy atom. The van der Waals surface area contributed by atoms with E-state index in [1.54, 1.807) is 12.1 Å². The Kier molecular flexibility index (Phi) is 2.54. The van der Waals surface area contributed by atoms with Crippen molar-refractivity contribution in [3.63, 3.8) is 0 Å². The van der Waals surface area contributed by atoms with Gasteiger partial charge in [0.15, 0.2) is 23.2 Å². The van der Waals surface area contributed by atoms with Gasteiger partial charge in [0, 0.05) is 6.08 Å². The van der Waals surface area contributed by atoms with E-state index in [4.69, 9.17) is 15.3 Å². The van der Waals surface area contributed by atoms with Crippen LogP contribution in [0, 0.1) is 28.6 Å². The van der Waals surface area contributed by atoms with E-state index in [2.05, 4.69) is 0 Å². The van der Waals surface area contributed by atoms with Gasteiger partial charge in [-0.25, -0.2) is 0 Å². The van der Waals surface area contributed by atoms with Gasteiger partial charge < -0.3 is 9.84 Å². The number of carbonyl (C=O) groups excluding carboxylic acids is 1. The van der Waals surface area contributed by atoms with Gasteiger partial charge in [-0.1, -0.05) is 0 Å². The second kappa shape index (κ2) is 3.63. The number of ketones is 1. The van der Waals surface area contributed by atoms with E-state index in [0.29, 0.717) is 0 Å². The van der Waals surface area contributed by atoms with Gasteiger partial charge in [-0.15, -0.1) is 0 Å². The van der Waals surface area contributed by atoms with E-state index in [1.807, 2.05) is 0 Å². The highest BCUT2D eigenvalue weighted by atomic mass is 16.5. The van der Waals surface area contributed by atoms with E-state index in [0.717, 1.165) is 6.08 Å². The monoisotopic (exact) mass is 190 g/mol. The molecule has 5 heteroatoms. The first kappa shape index (κ1) is 9.82. The molecule has 0 spiro atoms. The van der Waals surface area contributed by atoms with Crippen LogP contribution >= 0.6 is 0 Å². The zero-order valence-electron chi connectivity index (χ0n) is 7.31. The molecule has 0 aromatic heterocycles. The molecule has 1 atom stereocenters. The maximum atomic E-state index is 11.3. The Bertz CT molecular complexity index is 420. The number of nitrogens with zero attached hydrogens (tertiary/aromatic N) is 2. The van der Waals surface area contributed by atoms with Crippen LogP contribution in [0.5, 0.6) is 0 Å². The number of methoxy groups -OCH3 is 1.